The first-order valence-electron chi connectivity index (χ1n) is 10.0. The lowest BCUT2D eigenvalue weighted by atomic mass is 10.2. The van der Waals surface area contributed by atoms with Gasteiger partial charge in [0.2, 0.25) is 6.41 Å². The monoisotopic (exact) mass is 394 g/mol. The third-order valence-electron chi connectivity index (χ3n) is 5.58. The first kappa shape index (κ1) is 19.2. The highest BCUT2D eigenvalue weighted by molar-refractivity contribution is 5.92. The maximum Gasteiger partial charge on any atom is 0.274 e. The second-order valence-corrected chi connectivity index (χ2v) is 7.51. The fourth-order valence-electron chi connectivity index (χ4n) is 3.81. The third kappa shape index (κ3) is 4.31. The molecular formula is C21H26N6O2. The Kier molecular flexibility index (Phi) is 5.59. The fourth-order valence-corrected chi connectivity index (χ4v) is 3.81. The number of aryl methyl sites for hydroxylation is 1. The number of hydrogen-bond acceptors (Lipinski definition) is 6. The SMILES string of the molecule is Cc1cccc(N2CCN(c3cnc(C(=O)N4CCN(C=O)CC4)cn3)CC2)c1. The molecule has 4 rings (SSSR count). The average molecular weight is 394 g/mol. The standard InChI is InChI=1S/C21H26N6O2/c1-17-3-2-4-18(13-17)25-9-11-26(12-10-25)20-15-22-19(14-23-20)21(29)27-7-5-24(16-28)6-8-27/h2-4,13-16H,5-12H2,1H3. The minimum Gasteiger partial charge on any atom is -0.368 e. The van der Waals surface area contributed by atoms with Crippen LogP contribution in [0.15, 0.2) is 36.7 Å². The van der Waals surface area contributed by atoms with Crippen LogP contribution in [0.2, 0.25) is 0 Å². The number of piperazine rings is 2. The van der Waals surface area contributed by atoms with Gasteiger partial charge in [0.1, 0.15) is 11.5 Å². The Morgan fingerprint density at radius 1 is 0.931 bits per heavy atom. The molecule has 8 heteroatoms. The molecule has 2 amide bonds. The maximum atomic E-state index is 12.6. The number of nitrogens with zero attached hydrogens (tertiary/aromatic N) is 6. The summed E-state index contributed by atoms with van der Waals surface area (Å²) in [6.45, 7) is 7.87. The molecule has 1 aromatic carbocycles. The second kappa shape index (κ2) is 8.46. The second-order valence-electron chi connectivity index (χ2n) is 7.51. The van der Waals surface area contributed by atoms with Gasteiger partial charge in [-0.25, -0.2) is 9.97 Å². The number of carbonyl (C=O) groups is 2. The Hall–Kier alpha value is -3.16. The van der Waals surface area contributed by atoms with E-state index < -0.39 is 0 Å². The lowest BCUT2D eigenvalue weighted by molar-refractivity contribution is -0.119. The summed E-state index contributed by atoms with van der Waals surface area (Å²) in [5.41, 5.74) is 2.88. The minimum absolute atomic E-state index is 0.126. The largest absolute Gasteiger partial charge is 0.368 e. The van der Waals surface area contributed by atoms with Crippen molar-refractivity contribution in [3.63, 3.8) is 0 Å². The van der Waals surface area contributed by atoms with Gasteiger partial charge in [0, 0.05) is 58.0 Å². The van der Waals surface area contributed by atoms with Crippen LogP contribution in [0.1, 0.15) is 16.1 Å². The molecule has 0 bridgehead atoms. The molecule has 0 radical (unpaired) electrons. The van der Waals surface area contributed by atoms with Crippen molar-refractivity contribution in [2.75, 3.05) is 62.2 Å². The molecule has 0 atom stereocenters. The van der Waals surface area contributed by atoms with E-state index in [1.54, 1.807) is 22.2 Å². The Labute approximate surface area is 170 Å². The first-order valence-corrected chi connectivity index (χ1v) is 10.0. The average Bonchev–Trinajstić information content (AvgIpc) is 2.79. The van der Waals surface area contributed by atoms with E-state index in [1.165, 1.54) is 11.3 Å². The van der Waals surface area contributed by atoms with E-state index in [0.29, 0.717) is 31.9 Å². The molecule has 2 fully saturated rings. The molecule has 2 saturated heterocycles. The summed E-state index contributed by atoms with van der Waals surface area (Å²) < 4.78 is 0. The summed E-state index contributed by atoms with van der Waals surface area (Å²) in [5, 5.41) is 0. The summed E-state index contributed by atoms with van der Waals surface area (Å²) in [6.07, 6.45) is 4.09. The van der Waals surface area contributed by atoms with Gasteiger partial charge in [-0.1, -0.05) is 12.1 Å². The predicted molar refractivity (Wildman–Crippen MR) is 111 cm³/mol. The molecule has 0 saturated carbocycles. The van der Waals surface area contributed by atoms with Gasteiger partial charge in [0.05, 0.1) is 12.4 Å². The van der Waals surface area contributed by atoms with Crippen molar-refractivity contribution in [3.8, 4) is 0 Å². The molecule has 2 aliphatic rings. The van der Waals surface area contributed by atoms with Crippen molar-refractivity contribution in [2.24, 2.45) is 0 Å². The normalized spacial score (nSPS) is 17.4. The van der Waals surface area contributed by atoms with Crippen LogP contribution in [-0.4, -0.2) is 84.4 Å². The van der Waals surface area contributed by atoms with Crippen LogP contribution in [0.5, 0.6) is 0 Å². The summed E-state index contributed by atoms with van der Waals surface area (Å²) in [6, 6.07) is 8.57. The van der Waals surface area contributed by atoms with Crippen molar-refractivity contribution in [1.82, 2.24) is 19.8 Å². The summed E-state index contributed by atoms with van der Waals surface area (Å²) in [7, 11) is 0. The van der Waals surface area contributed by atoms with Crippen LogP contribution in [-0.2, 0) is 4.79 Å². The van der Waals surface area contributed by atoms with E-state index >= 15 is 0 Å². The molecule has 1 aromatic heterocycles. The van der Waals surface area contributed by atoms with E-state index in [1.807, 2.05) is 0 Å². The number of hydrogen-bond donors (Lipinski definition) is 0. The molecule has 0 spiro atoms. The highest BCUT2D eigenvalue weighted by atomic mass is 16.2. The van der Waals surface area contributed by atoms with Crippen molar-refractivity contribution >= 4 is 23.8 Å². The predicted octanol–water partition coefficient (Wildman–Crippen LogP) is 1.03. The van der Waals surface area contributed by atoms with Crippen molar-refractivity contribution in [3.05, 3.63) is 47.9 Å². The van der Waals surface area contributed by atoms with E-state index in [2.05, 4.69) is 51.0 Å². The zero-order valence-corrected chi connectivity index (χ0v) is 16.7. The summed E-state index contributed by atoms with van der Waals surface area (Å²) in [4.78, 5) is 40.3. The minimum atomic E-state index is -0.126. The zero-order valence-electron chi connectivity index (χ0n) is 16.7. The molecule has 8 nitrogen and oxygen atoms in total. The van der Waals surface area contributed by atoms with E-state index in [4.69, 9.17) is 0 Å². The lowest BCUT2D eigenvalue weighted by Gasteiger charge is -2.36. The van der Waals surface area contributed by atoms with Gasteiger partial charge in [0.25, 0.3) is 5.91 Å². The van der Waals surface area contributed by atoms with Crippen LogP contribution >= 0.6 is 0 Å². The van der Waals surface area contributed by atoms with Crippen LogP contribution in [0.25, 0.3) is 0 Å². The zero-order chi connectivity index (χ0) is 20.2. The first-order chi connectivity index (χ1) is 14.1. The van der Waals surface area contributed by atoms with Crippen molar-refractivity contribution < 1.29 is 9.59 Å². The molecule has 0 aliphatic carbocycles. The number of anilines is 2. The quantitative estimate of drug-likeness (QED) is 0.721. The molecule has 0 unspecified atom stereocenters. The molecule has 29 heavy (non-hydrogen) atoms. The maximum absolute atomic E-state index is 12.6. The summed E-state index contributed by atoms with van der Waals surface area (Å²) >= 11 is 0. The smallest absolute Gasteiger partial charge is 0.274 e. The van der Waals surface area contributed by atoms with Gasteiger partial charge in [-0.3, -0.25) is 9.59 Å². The summed E-state index contributed by atoms with van der Waals surface area (Å²) in [5.74, 6) is 0.676. The number of carbonyl (C=O) groups excluding carboxylic acids is 2. The van der Waals surface area contributed by atoms with Gasteiger partial charge < -0.3 is 19.6 Å². The Bertz CT molecular complexity index is 856. The molecule has 3 heterocycles. The third-order valence-corrected chi connectivity index (χ3v) is 5.58. The highest BCUT2D eigenvalue weighted by Crippen LogP contribution is 2.20. The number of benzene rings is 1. The lowest BCUT2D eigenvalue weighted by Crippen LogP contribution is -2.48. The molecule has 2 aromatic rings. The number of amides is 2. The van der Waals surface area contributed by atoms with E-state index in [-0.39, 0.29) is 5.91 Å². The Balaban J connectivity index is 1.34. The number of aromatic nitrogens is 2. The van der Waals surface area contributed by atoms with Crippen LogP contribution in [0, 0.1) is 6.92 Å². The van der Waals surface area contributed by atoms with Crippen LogP contribution in [0.4, 0.5) is 11.5 Å². The topological polar surface area (TPSA) is 72.9 Å². The molecular weight excluding hydrogens is 368 g/mol. The van der Waals surface area contributed by atoms with E-state index in [9.17, 15) is 9.59 Å². The van der Waals surface area contributed by atoms with Gasteiger partial charge in [-0.2, -0.15) is 0 Å². The van der Waals surface area contributed by atoms with Gasteiger partial charge in [-0.15, -0.1) is 0 Å². The van der Waals surface area contributed by atoms with Gasteiger partial charge >= 0.3 is 0 Å². The highest BCUT2D eigenvalue weighted by Gasteiger charge is 2.23. The number of rotatable bonds is 4. The fraction of sp³-hybridized carbons (Fsp3) is 0.429. The van der Waals surface area contributed by atoms with Gasteiger partial charge in [0.15, 0.2) is 0 Å². The van der Waals surface area contributed by atoms with Gasteiger partial charge in [-0.05, 0) is 24.6 Å². The van der Waals surface area contributed by atoms with Crippen LogP contribution in [0.3, 0.4) is 0 Å². The molecule has 2 aliphatic heterocycles. The van der Waals surface area contributed by atoms with Crippen molar-refractivity contribution in [2.45, 2.75) is 6.92 Å². The van der Waals surface area contributed by atoms with Crippen LogP contribution < -0.4 is 9.80 Å². The van der Waals surface area contributed by atoms with Crippen molar-refractivity contribution in [1.29, 1.82) is 0 Å². The Morgan fingerprint density at radius 2 is 1.66 bits per heavy atom. The van der Waals surface area contributed by atoms with E-state index in [0.717, 1.165) is 38.4 Å². The Morgan fingerprint density at radius 3 is 2.28 bits per heavy atom. The molecule has 0 N–H and O–H groups in total. The molecule has 152 valence electrons.